The number of hydrogen-bond acceptors (Lipinski definition) is 3. The maximum atomic E-state index is 5.90. The highest BCUT2D eigenvalue weighted by Gasteiger charge is 2.20. The number of halogens is 1. The molecule has 0 atom stereocenters. The fraction of sp³-hybridized carbons (Fsp3) is 0.375. The van der Waals surface area contributed by atoms with Crippen molar-refractivity contribution in [1.82, 2.24) is 10.2 Å². The summed E-state index contributed by atoms with van der Waals surface area (Å²) < 4.78 is 0. The van der Waals surface area contributed by atoms with E-state index in [0.717, 1.165) is 24.7 Å². The molecule has 0 radical (unpaired) electrons. The smallest absolute Gasteiger partial charge is 0.153 e. The molecule has 0 N–H and O–H groups in total. The fourth-order valence-corrected chi connectivity index (χ4v) is 3.00. The van der Waals surface area contributed by atoms with Crippen LogP contribution in [0.25, 0.3) is 0 Å². The van der Waals surface area contributed by atoms with Gasteiger partial charge in [0.1, 0.15) is 0 Å². The van der Waals surface area contributed by atoms with E-state index in [1.165, 1.54) is 24.8 Å². The van der Waals surface area contributed by atoms with Gasteiger partial charge in [0.05, 0.1) is 11.9 Å². The normalized spacial score (nSPS) is 16.4. The van der Waals surface area contributed by atoms with Crippen LogP contribution in [0.1, 0.15) is 18.4 Å². The van der Waals surface area contributed by atoms with Gasteiger partial charge >= 0.3 is 0 Å². The molecule has 3 rings (SSSR count). The molecule has 1 aliphatic rings. The van der Waals surface area contributed by atoms with Gasteiger partial charge in [-0.05, 0) is 30.7 Å². The number of anilines is 1. The number of nitrogens with zero attached hydrogens (tertiary/aromatic N) is 3. The monoisotopic (exact) mass is 287 g/mol. The Labute approximate surface area is 124 Å². The Balaban J connectivity index is 1.57. The molecular formula is C16H18ClN3. The van der Waals surface area contributed by atoms with E-state index >= 15 is 0 Å². The van der Waals surface area contributed by atoms with Gasteiger partial charge in [-0.15, -0.1) is 5.10 Å². The van der Waals surface area contributed by atoms with Crippen LogP contribution in [0.15, 0.2) is 42.6 Å². The van der Waals surface area contributed by atoms with E-state index in [0.29, 0.717) is 5.15 Å². The number of aromatic nitrogens is 2. The first-order chi connectivity index (χ1) is 9.81. The van der Waals surface area contributed by atoms with E-state index in [1.54, 1.807) is 6.20 Å². The quantitative estimate of drug-likeness (QED) is 0.864. The highest BCUT2D eigenvalue weighted by molar-refractivity contribution is 6.29. The average Bonchev–Trinajstić information content (AvgIpc) is 2.49. The molecule has 1 fully saturated rings. The van der Waals surface area contributed by atoms with Crippen molar-refractivity contribution in [1.29, 1.82) is 0 Å². The van der Waals surface area contributed by atoms with Crippen molar-refractivity contribution in [3.63, 3.8) is 0 Å². The second-order valence-electron chi connectivity index (χ2n) is 5.36. The highest BCUT2D eigenvalue weighted by Crippen LogP contribution is 2.26. The summed E-state index contributed by atoms with van der Waals surface area (Å²) in [6.45, 7) is 2.14. The minimum atomic E-state index is 0.467. The summed E-state index contributed by atoms with van der Waals surface area (Å²) in [7, 11) is 0. The van der Waals surface area contributed by atoms with E-state index in [4.69, 9.17) is 11.6 Å². The molecule has 104 valence electrons. The lowest BCUT2D eigenvalue weighted by Crippen LogP contribution is -2.34. The Morgan fingerprint density at radius 1 is 1.15 bits per heavy atom. The van der Waals surface area contributed by atoms with Crippen LogP contribution in [-0.4, -0.2) is 23.3 Å². The second-order valence-corrected chi connectivity index (χ2v) is 5.74. The van der Waals surface area contributed by atoms with Crippen molar-refractivity contribution in [2.45, 2.75) is 19.3 Å². The molecule has 0 aliphatic carbocycles. The lowest BCUT2D eigenvalue weighted by Gasteiger charge is -2.33. The second kappa shape index (κ2) is 6.23. The standard InChI is InChI=1S/C16H18ClN3/c17-16-11-15(12-18-19-16)20-8-6-14(7-9-20)10-13-4-2-1-3-5-13/h1-5,11-12,14H,6-10H2. The van der Waals surface area contributed by atoms with Gasteiger partial charge in [0.25, 0.3) is 0 Å². The van der Waals surface area contributed by atoms with Gasteiger partial charge in [-0.2, -0.15) is 5.10 Å². The molecule has 1 aliphatic heterocycles. The zero-order chi connectivity index (χ0) is 13.8. The predicted molar refractivity (Wildman–Crippen MR) is 82.1 cm³/mol. The Hall–Kier alpha value is -1.61. The topological polar surface area (TPSA) is 29.0 Å². The van der Waals surface area contributed by atoms with Crippen molar-refractivity contribution in [3.05, 3.63) is 53.3 Å². The Bertz CT molecular complexity index is 551. The molecular weight excluding hydrogens is 270 g/mol. The summed E-state index contributed by atoms with van der Waals surface area (Å²) in [4.78, 5) is 2.35. The largest absolute Gasteiger partial charge is 0.370 e. The molecule has 0 spiro atoms. The molecule has 1 saturated heterocycles. The van der Waals surface area contributed by atoms with Crippen LogP contribution in [0.5, 0.6) is 0 Å². The number of benzene rings is 1. The molecule has 3 nitrogen and oxygen atoms in total. The lowest BCUT2D eigenvalue weighted by atomic mass is 9.90. The van der Waals surface area contributed by atoms with E-state index < -0.39 is 0 Å². The molecule has 1 aromatic heterocycles. The SMILES string of the molecule is Clc1cc(N2CCC(Cc3ccccc3)CC2)cnn1. The van der Waals surface area contributed by atoms with Gasteiger partial charge in [0.15, 0.2) is 5.15 Å². The van der Waals surface area contributed by atoms with Crippen LogP contribution in [0.2, 0.25) is 5.15 Å². The third-order valence-electron chi connectivity index (χ3n) is 3.96. The molecule has 0 saturated carbocycles. The van der Waals surface area contributed by atoms with Gasteiger partial charge < -0.3 is 4.90 Å². The van der Waals surface area contributed by atoms with Crippen molar-refractivity contribution >= 4 is 17.3 Å². The van der Waals surface area contributed by atoms with Crippen LogP contribution < -0.4 is 4.90 Å². The Morgan fingerprint density at radius 2 is 1.90 bits per heavy atom. The molecule has 0 bridgehead atoms. The Kier molecular flexibility index (Phi) is 4.16. The van der Waals surface area contributed by atoms with Gasteiger partial charge in [0, 0.05) is 19.2 Å². The summed E-state index contributed by atoms with van der Waals surface area (Å²) in [6.07, 6.45) is 5.41. The first-order valence-electron chi connectivity index (χ1n) is 7.08. The summed E-state index contributed by atoms with van der Waals surface area (Å²) in [5, 5.41) is 8.18. The predicted octanol–water partition coefficient (Wildman–Crippen LogP) is 3.59. The number of hydrogen-bond donors (Lipinski definition) is 0. The third kappa shape index (κ3) is 3.28. The van der Waals surface area contributed by atoms with Crippen molar-refractivity contribution in [2.24, 2.45) is 5.92 Å². The molecule has 0 unspecified atom stereocenters. The summed E-state index contributed by atoms with van der Waals surface area (Å²) in [5.41, 5.74) is 2.53. The summed E-state index contributed by atoms with van der Waals surface area (Å²) in [6, 6.07) is 12.7. The van der Waals surface area contributed by atoms with Gasteiger partial charge in [-0.25, -0.2) is 0 Å². The lowest BCUT2D eigenvalue weighted by molar-refractivity contribution is 0.403. The third-order valence-corrected chi connectivity index (χ3v) is 4.14. The van der Waals surface area contributed by atoms with Crippen LogP contribution in [-0.2, 0) is 6.42 Å². The average molecular weight is 288 g/mol. The number of rotatable bonds is 3. The van der Waals surface area contributed by atoms with Crippen LogP contribution in [0.4, 0.5) is 5.69 Å². The molecule has 2 heterocycles. The maximum Gasteiger partial charge on any atom is 0.153 e. The molecule has 1 aromatic carbocycles. The van der Waals surface area contributed by atoms with Crippen molar-refractivity contribution < 1.29 is 0 Å². The van der Waals surface area contributed by atoms with Gasteiger partial charge in [-0.1, -0.05) is 41.9 Å². The fourth-order valence-electron chi connectivity index (χ4n) is 2.85. The zero-order valence-corrected chi connectivity index (χ0v) is 12.1. The highest BCUT2D eigenvalue weighted by atomic mass is 35.5. The van der Waals surface area contributed by atoms with Crippen molar-refractivity contribution in [3.8, 4) is 0 Å². The molecule has 20 heavy (non-hydrogen) atoms. The minimum Gasteiger partial charge on any atom is -0.370 e. The van der Waals surface area contributed by atoms with E-state index in [1.807, 2.05) is 6.07 Å². The van der Waals surface area contributed by atoms with Gasteiger partial charge in [0.2, 0.25) is 0 Å². The summed E-state index contributed by atoms with van der Waals surface area (Å²) >= 11 is 5.90. The Morgan fingerprint density at radius 3 is 2.60 bits per heavy atom. The van der Waals surface area contributed by atoms with E-state index in [9.17, 15) is 0 Å². The van der Waals surface area contributed by atoms with E-state index in [2.05, 4.69) is 45.4 Å². The number of piperidine rings is 1. The zero-order valence-electron chi connectivity index (χ0n) is 11.4. The maximum absolute atomic E-state index is 5.90. The summed E-state index contributed by atoms with van der Waals surface area (Å²) in [5.74, 6) is 0.777. The van der Waals surface area contributed by atoms with E-state index in [-0.39, 0.29) is 0 Å². The first kappa shape index (κ1) is 13.4. The first-order valence-corrected chi connectivity index (χ1v) is 7.46. The van der Waals surface area contributed by atoms with Gasteiger partial charge in [-0.3, -0.25) is 0 Å². The van der Waals surface area contributed by atoms with Crippen LogP contribution >= 0.6 is 11.6 Å². The molecule has 4 heteroatoms. The molecule has 0 amide bonds. The van der Waals surface area contributed by atoms with Crippen LogP contribution in [0, 0.1) is 5.92 Å². The van der Waals surface area contributed by atoms with Crippen molar-refractivity contribution in [2.75, 3.05) is 18.0 Å². The van der Waals surface area contributed by atoms with Crippen LogP contribution in [0.3, 0.4) is 0 Å². The minimum absolute atomic E-state index is 0.467. The molecule has 2 aromatic rings.